The predicted molar refractivity (Wildman–Crippen MR) is 64.6 cm³/mol. The number of benzene rings is 1. The third-order valence-electron chi connectivity index (χ3n) is 2.60. The summed E-state index contributed by atoms with van der Waals surface area (Å²) in [6, 6.07) is 5.98. The van der Waals surface area contributed by atoms with Gasteiger partial charge >= 0.3 is 0 Å². The summed E-state index contributed by atoms with van der Waals surface area (Å²) in [6.07, 6.45) is 1.95. The first-order chi connectivity index (χ1) is 7.81. The van der Waals surface area contributed by atoms with E-state index in [1.807, 2.05) is 18.2 Å². The SMILES string of the molecule is OCCOC1CCCOc2cc(Br)ccc21. The van der Waals surface area contributed by atoms with Crippen molar-refractivity contribution in [2.24, 2.45) is 0 Å². The number of hydrogen-bond acceptors (Lipinski definition) is 3. The Labute approximate surface area is 104 Å². The lowest BCUT2D eigenvalue weighted by atomic mass is 10.1. The minimum Gasteiger partial charge on any atom is -0.493 e. The van der Waals surface area contributed by atoms with E-state index in [9.17, 15) is 0 Å². The molecule has 3 nitrogen and oxygen atoms in total. The second kappa shape index (κ2) is 5.66. The van der Waals surface area contributed by atoms with Gasteiger partial charge in [0.25, 0.3) is 0 Å². The minimum atomic E-state index is 0.0396. The van der Waals surface area contributed by atoms with Gasteiger partial charge in [-0.1, -0.05) is 22.0 Å². The lowest BCUT2D eigenvalue weighted by molar-refractivity contribution is 0.0234. The predicted octanol–water partition coefficient (Wildman–Crippen LogP) is 2.67. The van der Waals surface area contributed by atoms with Crippen LogP contribution in [0.25, 0.3) is 0 Å². The van der Waals surface area contributed by atoms with E-state index < -0.39 is 0 Å². The largest absolute Gasteiger partial charge is 0.493 e. The lowest BCUT2D eigenvalue weighted by Crippen LogP contribution is -2.07. The van der Waals surface area contributed by atoms with E-state index in [2.05, 4.69) is 15.9 Å². The molecule has 0 bridgehead atoms. The van der Waals surface area contributed by atoms with Crippen molar-refractivity contribution < 1.29 is 14.6 Å². The number of aliphatic hydroxyl groups is 1. The Kier molecular flexibility index (Phi) is 4.21. The molecular weight excluding hydrogens is 272 g/mol. The normalized spacial score (nSPS) is 19.8. The Morgan fingerprint density at radius 1 is 1.50 bits per heavy atom. The van der Waals surface area contributed by atoms with Crippen molar-refractivity contribution >= 4 is 15.9 Å². The number of hydrogen-bond donors (Lipinski definition) is 1. The van der Waals surface area contributed by atoms with Crippen molar-refractivity contribution in [3.8, 4) is 5.75 Å². The molecule has 0 radical (unpaired) electrons. The summed E-state index contributed by atoms with van der Waals surface area (Å²) >= 11 is 3.43. The zero-order chi connectivity index (χ0) is 11.4. The molecule has 2 rings (SSSR count). The molecular formula is C12H15BrO3. The topological polar surface area (TPSA) is 38.7 Å². The van der Waals surface area contributed by atoms with E-state index in [4.69, 9.17) is 14.6 Å². The summed E-state index contributed by atoms with van der Waals surface area (Å²) in [6.45, 7) is 1.16. The average Bonchev–Trinajstić information content (AvgIpc) is 2.48. The molecule has 1 atom stereocenters. The highest BCUT2D eigenvalue weighted by Crippen LogP contribution is 2.35. The molecule has 0 saturated heterocycles. The van der Waals surface area contributed by atoms with E-state index >= 15 is 0 Å². The van der Waals surface area contributed by atoms with Crippen LogP contribution in [0.5, 0.6) is 5.75 Å². The van der Waals surface area contributed by atoms with Crippen molar-refractivity contribution in [2.75, 3.05) is 19.8 Å². The van der Waals surface area contributed by atoms with E-state index in [1.165, 1.54) is 0 Å². The van der Waals surface area contributed by atoms with Gasteiger partial charge in [-0.25, -0.2) is 0 Å². The Bertz CT molecular complexity index is 354. The fourth-order valence-corrected chi connectivity index (χ4v) is 2.21. The molecule has 1 aliphatic heterocycles. The van der Waals surface area contributed by atoms with Crippen LogP contribution >= 0.6 is 15.9 Å². The summed E-state index contributed by atoms with van der Waals surface area (Å²) in [4.78, 5) is 0. The summed E-state index contributed by atoms with van der Waals surface area (Å²) in [5.74, 6) is 0.884. The third kappa shape index (κ3) is 2.75. The lowest BCUT2D eigenvalue weighted by Gasteiger charge is -2.17. The highest BCUT2D eigenvalue weighted by atomic mass is 79.9. The van der Waals surface area contributed by atoms with Gasteiger partial charge in [0.05, 0.1) is 25.9 Å². The molecule has 1 heterocycles. The molecule has 1 unspecified atom stereocenters. The number of aliphatic hydroxyl groups excluding tert-OH is 1. The van der Waals surface area contributed by atoms with Gasteiger partial charge in [0.2, 0.25) is 0 Å². The summed E-state index contributed by atoms with van der Waals surface area (Å²) < 4.78 is 12.3. The van der Waals surface area contributed by atoms with Gasteiger partial charge in [0, 0.05) is 10.0 Å². The van der Waals surface area contributed by atoms with Crippen molar-refractivity contribution in [1.82, 2.24) is 0 Å². The van der Waals surface area contributed by atoms with Gasteiger partial charge in [-0.15, -0.1) is 0 Å². The first kappa shape index (κ1) is 11.9. The number of halogens is 1. The highest BCUT2D eigenvalue weighted by Gasteiger charge is 2.20. The van der Waals surface area contributed by atoms with Crippen molar-refractivity contribution in [3.05, 3.63) is 28.2 Å². The van der Waals surface area contributed by atoms with Crippen molar-refractivity contribution in [1.29, 1.82) is 0 Å². The second-order valence-electron chi connectivity index (χ2n) is 3.76. The Morgan fingerprint density at radius 3 is 3.19 bits per heavy atom. The maximum Gasteiger partial charge on any atom is 0.126 e. The van der Waals surface area contributed by atoms with Crippen LogP contribution < -0.4 is 4.74 Å². The third-order valence-corrected chi connectivity index (χ3v) is 3.09. The van der Waals surface area contributed by atoms with Gasteiger partial charge in [-0.3, -0.25) is 0 Å². The maximum absolute atomic E-state index is 8.80. The molecule has 1 aromatic carbocycles. The monoisotopic (exact) mass is 286 g/mol. The van der Waals surface area contributed by atoms with Crippen LogP contribution in [0.3, 0.4) is 0 Å². The maximum atomic E-state index is 8.80. The summed E-state index contributed by atoms with van der Waals surface area (Å²) in [5.41, 5.74) is 1.08. The minimum absolute atomic E-state index is 0.0396. The molecule has 1 aliphatic rings. The van der Waals surface area contributed by atoms with Gasteiger partial charge in [0.15, 0.2) is 0 Å². The highest BCUT2D eigenvalue weighted by molar-refractivity contribution is 9.10. The van der Waals surface area contributed by atoms with Gasteiger partial charge < -0.3 is 14.6 Å². The molecule has 0 spiro atoms. The van der Waals surface area contributed by atoms with Crippen LogP contribution in [0.1, 0.15) is 24.5 Å². The number of fused-ring (bicyclic) bond motifs is 1. The number of rotatable bonds is 3. The Hall–Kier alpha value is -0.580. The molecule has 1 N–H and O–H groups in total. The fourth-order valence-electron chi connectivity index (χ4n) is 1.87. The summed E-state index contributed by atoms with van der Waals surface area (Å²) in [5, 5.41) is 8.80. The zero-order valence-electron chi connectivity index (χ0n) is 8.99. The Morgan fingerprint density at radius 2 is 2.38 bits per heavy atom. The van der Waals surface area contributed by atoms with E-state index in [0.717, 1.165) is 35.2 Å². The van der Waals surface area contributed by atoms with E-state index in [1.54, 1.807) is 0 Å². The van der Waals surface area contributed by atoms with Crippen molar-refractivity contribution in [3.63, 3.8) is 0 Å². The van der Waals surface area contributed by atoms with Crippen LogP contribution in [0.2, 0.25) is 0 Å². The van der Waals surface area contributed by atoms with Crippen LogP contribution in [0, 0.1) is 0 Å². The smallest absolute Gasteiger partial charge is 0.126 e. The quantitative estimate of drug-likeness (QED) is 0.929. The molecule has 0 aromatic heterocycles. The van der Waals surface area contributed by atoms with E-state index in [-0.39, 0.29) is 12.7 Å². The molecule has 0 saturated carbocycles. The van der Waals surface area contributed by atoms with Crippen molar-refractivity contribution in [2.45, 2.75) is 18.9 Å². The van der Waals surface area contributed by atoms with E-state index in [0.29, 0.717) is 6.61 Å². The average molecular weight is 287 g/mol. The van der Waals surface area contributed by atoms with Crippen LogP contribution in [0.15, 0.2) is 22.7 Å². The Balaban J connectivity index is 2.22. The van der Waals surface area contributed by atoms with Crippen LogP contribution in [-0.2, 0) is 4.74 Å². The molecule has 16 heavy (non-hydrogen) atoms. The van der Waals surface area contributed by atoms with Gasteiger partial charge in [0.1, 0.15) is 5.75 Å². The van der Waals surface area contributed by atoms with Crippen LogP contribution in [-0.4, -0.2) is 24.9 Å². The molecule has 0 aliphatic carbocycles. The first-order valence-electron chi connectivity index (χ1n) is 5.46. The summed E-state index contributed by atoms with van der Waals surface area (Å²) in [7, 11) is 0. The zero-order valence-corrected chi connectivity index (χ0v) is 10.6. The molecule has 88 valence electrons. The molecule has 1 aromatic rings. The standard InChI is InChI=1S/C12H15BrO3/c13-9-3-4-10-11(16-7-5-14)2-1-6-15-12(10)8-9/h3-4,8,11,14H,1-2,5-7H2. The van der Waals surface area contributed by atoms with Gasteiger partial charge in [-0.2, -0.15) is 0 Å². The molecule has 0 fully saturated rings. The van der Waals surface area contributed by atoms with Gasteiger partial charge in [-0.05, 0) is 25.0 Å². The molecule has 0 amide bonds. The second-order valence-corrected chi connectivity index (χ2v) is 4.67. The molecule has 4 heteroatoms. The fraction of sp³-hybridized carbons (Fsp3) is 0.500. The first-order valence-corrected chi connectivity index (χ1v) is 6.25. The number of ether oxygens (including phenoxy) is 2. The van der Waals surface area contributed by atoms with Crippen LogP contribution in [0.4, 0.5) is 0 Å².